The topological polar surface area (TPSA) is 61.2 Å². The van der Waals surface area contributed by atoms with Crippen LogP contribution in [0.3, 0.4) is 0 Å². The maximum absolute atomic E-state index is 13.2. The second kappa shape index (κ2) is 9.02. The maximum atomic E-state index is 13.2. The number of hydrogen-bond donors (Lipinski definition) is 0. The zero-order valence-corrected chi connectivity index (χ0v) is 19.4. The number of aryl methyl sites for hydroxylation is 1. The Hall–Kier alpha value is -1.98. The van der Waals surface area contributed by atoms with Crippen molar-refractivity contribution in [3.05, 3.63) is 76.7 Å². The van der Waals surface area contributed by atoms with E-state index in [1.54, 1.807) is 11.0 Å². The maximum Gasteiger partial charge on any atom is 0.278 e. The van der Waals surface area contributed by atoms with Crippen molar-refractivity contribution in [1.82, 2.24) is 9.55 Å². The number of carbonyl (C=O) groups excluding carboxylic acids is 1. The van der Waals surface area contributed by atoms with Gasteiger partial charge in [-0.2, -0.15) is 0 Å². The third kappa shape index (κ3) is 5.09. The Balaban J connectivity index is 0.00000280. The van der Waals surface area contributed by atoms with E-state index in [4.69, 9.17) is 4.74 Å². The first-order chi connectivity index (χ1) is 12.8. The zero-order chi connectivity index (χ0) is 19.6. The molecule has 28 heavy (non-hydrogen) atoms. The third-order valence-corrected chi connectivity index (χ3v) is 4.02. The predicted molar refractivity (Wildman–Crippen MR) is 106 cm³/mol. The third-order valence-electron chi connectivity index (χ3n) is 4.02. The average molecular weight is 452 g/mol. The Morgan fingerprint density at radius 3 is 2.43 bits per heavy atom. The van der Waals surface area contributed by atoms with Crippen LogP contribution in [0.25, 0.3) is 16.6 Å². The standard InChI is InChI=1S/C22H23N2O3.Y/c1-15-9-8-12-17-20(15)21(26)24(16-10-6-5-7-11-16)18(23-17)13-14-19(25)27-22(2,3)4;/h5-13H,14H2,1-4H3;/q-1;. The Labute approximate surface area is 190 Å². The number of fused-ring (bicyclic) bond motifs is 1. The minimum Gasteiger partial charge on any atom is -0.462 e. The second-order valence-electron chi connectivity index (χ2n) is 7.41. The van der Waals surface area contributed by atoms with Crippen molar-refractivity contribution >= 4 is 16.9 Å². The summed E-state index contributed by atoms with van der Waals surface area (Å²) in [6.45, 7) is 7.36. The molecule has 0 unspecified atom stereocenters. The van der Waals surface area contributed by atoms with Crippen molar-refractivity contribution in [1.29, 1.82) is 0 Å². The van der Waals surface area contributed by atoms with Crippen LogP contribution in [0.2, 0.25) is 0 Å². The van der Waals surface area contributed by atoms with E-state index >= 15 is 0 Å². The molecule has 0 spiro atoms. The molecular weight excluding hydrogens is 429 g/mol. The van der Waals surface area contributed by atoms with Crippen molar-refractivity contribution in [2.24, 2.45) is 0 Å². The molecule has 0 N–H and O–H groups in total. The van der Waals surface area contributed by atoms with Crippen LogP contribution in [-0.4, -0.2) is 21.1 Å². The molecule has 143 valence electrons. The predicted octanol–water partition coefficient (Wildman–Crippen LogP) is 3.98. The normalized spacial score (nSPS) is 11.0. The first kappa shape index (κ1) is 22.3. The van der Waals surface area contributed by atoms with Gasteiger partial charge in [0.15, 0.2) is 0 Å². The summed E-state index contributed by atoms with van der Waals surface area (Å²) in [5, 5.41) is 0.579. The molecular formula is C22H23N2O3Y-. The van der Waals surface area contributed by atoms with Gasteiger partial charge >= 0.3 is 0 Å². The van der Waals surface area contributed by atoms with E-state index < -0.39 is 5.60 Å². The first-order valence-corrected chi connectivity index (χ1v) is 8.89. The number of ether oxygens (including phenoxy) is 1. The second-order valence-corrected chi connectivity index (χ2v) is 7.41. The quantitative estimate of drug-likeness (QED) is 0.444. The summed E-state index contributed by atoms with van der Waals surface area (Å²) in [4.78, 5) is 30.0. The fourth-order valence-electron chi connectivity index (χ4n) is 2.93. The van der Waals surface area contributed by atoms with Crippen LogP contribution in [0.4, 0.5) is 0 Å². The van der Waals surface area contributed by atoms with Crippen molar-refractivity contribution in [2.75, 3.05) is 0 Å². The van der Waals surface area contributed by atoms with Crippen molar-refractivity contribution in [2.45, 2.75) is 39.7 Å². The van der Waals surface area contributed by atoms with Gasteiger partial charge in [-0.3, -0.25) is 19.1 Å². The molecule has 3 aromatic rings. The van der Waals surface area contributed by atoms with E-state index in [0.29, 0.717) is 22.4 Å². The largest absolute Gasteiger partial charge is 0.462 e. The molecule has 0 aliphatic carbocycles. The summed E-state index contributed by atoms with van der Waals surface area (Å²) in [6.07, 6.45) is 1.68. The van der Waals surface area contributed by atoms with E-state index in [1.807, 2.05) is 76.2 Å². The van der Waals surface area contributed by atoms with Gasteiger partial charge in [-0.15, -0.1) is 0 Å². The molecule has 2 aromatic carbocycles. The summed E-state index contributed by atoms with van der Waals surface area (Å²) in [7, 11) is 0. The van der Waals surface area contributed by atoms with Gasteiger partial charge in [-0.05, 0) is 57.3 Å². The molecule has 0 saturated carbocycles. The molecule has 1 aromatic heterocycles. The summed E-state index contributed by atoms with van der Waals surface area (Å²) < 4.78 is 6.90. The molecule has 1 radical (unpaired) electrons. The van der Waals surface area contributed by atoms with E-state index in [-0.39, 0.29) is 50.7 Å². The van der Waals surface area contributed by atoms with Gasteiger partial charge in [0.2, 0.25) is 0 Å². The molecule has 1 heterocycles. The van der Waals surface area contributed by atoms with Crippen molar-refractivity contribution in [3.63, 3.8) is 0 Å². The van der Waals surface area contributed by atoms with Gasteiger partial charge in [-0.25, -0.2) is 0 Å². The summed E-state index contributed by atoms with van der Waals surface area (Å²) in [5.74, 6) is 0.0656. The molecule has 0 aliphatic rings. The number of para-hydroxylation sites is 1. The molecule has 0 bridgehead atoms. The molecule has 0 saturated heterocycles. The van der Waals surface area contributed by atoms with Crippen molar-refractivity contribution in [3.8, 4) is 5.69 Å². The number of nitrogens with zero attached hydrogens (tertiary/aromatic N) is 2. The number of benzene rings is 2. The van der Waals surface area contributed by atoms with Crippen molar-refractivity contribution < 1.29 is 42.2 Å². The van der Waals surface area contributed by atoms with E-state index in [2.05, 4.69) is 4.98 Å². The summed E-state index contributed by atoms with van der Waals surface area (Å²) in [5.41, 5.74) is 1.48. The average Bonchev–Trinajstić information content (AvgIpc) is 2.59. The SMILES string of the molecule is Cc1cccc2nc([CH-]CC(=O)OC(C)(C)C)n(-c3ccccc3)c(=O)c12.[Y]. The molecule has 6 heteroatoms. The number of hydrogen-bond acceptors (Lipinski definition) is 4. The Bertz CT molecular complexity index is 1040. The number of rotatable bonds is 4. The fraction of sp³-hybridized carbons (Fsp3) is 0.273. The number of esters is 1. The Morgan fingerprint density at radius 1 is 1.11 bits per heavy atom. The van der Waals surface area contributed by atoms with Gasteiger partial charge in [0, 0.05) is 38.4 Å². The smallest absolute Gasteiger partial charge is 0.278 e. The van der Waals surface area contributed by atoms with Crippen LogP contribution in [0.1, 0.15) is 38.6 Å². The van der Waals surface area contributed by atoms with Gasteiger partial charge in [0.1, 0.15) is 5.60 Å². The first-order valence-electron chi connectivity index (χ1n) is 8.89. The van der Waals surface area contributed by atoms with Gasteiger partial charge in [0.05, 0.1) is 10.9 Å². The van der Waals surface area contributed by atoms with Gasteiger partial charge in [0.25, 0.3) is 11.5 Å². The molecule has 0 amide bonds. The van der Waals surface area contributed by atoms with Gasteiger partial charge < -0.3 is 11.2 Å². The number of carbonyl (C=O) groups is 1. The Kier molecular flexibility index (Phi) is 7.19. The van der Waals surface area contributed by atoms with E-state index in [9.17, 15) is 9.59 Å². The van der Waals surface area contributed by atoms with Crippen LogP contribution in [0.5, 0.6) is 0 Å². The summed E-state index contributed by atoms with van der Waals surface area (Å²) in [6, 6.07) is 14.9. The molecule has 3 rings (SSSR count). The molecule has 5 nitrogen and oxygen atoms in total. The van der Waals surface area contributed by atoms with Crippen LogP contribution >= 0.6 is 0 Å². The number of aromatic nitrogens is 2. The molecule has 0 aliphatic heterocycles. The minimum atomic E-state index is -0.558. The fourth-order valence-corrected chi connectivity index (χ4v) is 2.93. The van der Waals surface area contributed by atoms with Crippen LogP contribution in [0.15, 0.2) is 53.3 Å². The van der Waals surface area contributed by atoms with Crippen LogP contribution in [0, 0.1) is 13.3 Å². The monoisotopic (exact) mass is 452 g/mol. The van der Waals surface area contributed by atoms with E-state index in [1.165, 1.54) is 0 Å². The summed E-state index contributed by atoms with van der Waals surface area (Å²) >= 11 is 0. The van der Waals surface area contributed by atoms with Crippen LogP contribution in [-0.2, 0) is 42.2 Å². The van der Waals surface area contributed by atoms with E-state index in [0.717, 1.165) is 5.56 Å². The zero-order valence-electron chi connectivity index (χ0n) is 16.6. The van der Waals surface area contributed by atoms with Crippen LogP contribution < -0.4 is 5.56 Å². The molecule has 0 atom stereocenters. The minimum absolute atomic E-state index is 0. The molecule has 0 fully saturated rings. The van der Waals surface area contributed by atoms with Gasteiger partial charge in [-0.1, -0.05) is 36.8 Å². The Morgan fingerprint density at radius 2 is 1.79 bits per heavy atom.